The fraction of sp³-hybridized carbons (Fsp3) is 0.500. The van der Waals surface area contributed by atoms with Crippen molar-refractivity contribution in [3.63, 3.8) is 0 Å². The van der Waals surface area contributed by atoms with Gasteiger partial charge in [0.1, 0.15) is 5.65 Å². The number of aryl methyl sites for hydroxylation is 1. The van der Waals surface area contributed by atoms with Crippen molar-refractivity contribution in [3.8, 4) is 0 Å². The van der Waals surface area contributed by atoms with Crippen LogP contribution in [0.3, 0.4) is 0 Å². The van der Waals surface area contributed by atoms with E-state index in [0.717, 1.165) is 30.6 Å². The highest BCUT2D eigenvalue weighted by Gasteiger charge is 2.31. The summed E-state index contributed by atoms with van der Waals surface area (Å²) in [6.45, 7) is 3.13. The monoisotopic (exact) mass is 286 g/mol. The summed E-state index contributed by atoms with van der Waals surface area (Å²) in [6.07, 6.45) is 7.09. The predicted molar refractivity (Wildman–Crippen MR) is 81.7 cm³/mol. The maximum Gasteiger partial charge on any atom is 0.223 e. The Bertz CT molecular complexity index is 649. The van der Waals surface area contributed by atoms with Crippen molar-refractivity contribution in [2.45, 2.75) is 32.7 Å². The molecule has 0 aliphatic heterocycles. The molecule has 2 aromatic rings. The van der Waals surface area contributed by atoms with Crippen LogP contribution in [0.4, 0.5) is 0 Å². The number of carbonyl (C=O) groups is 1. The quantitative estimate of drug-likeness (QED) is 0.897. The summed E-state index contributed by atoms with van der Waals surface area (Å²) in [5.74, 6) is 0.541. The van der Waals surface area contributed by atoms with E-state index in [1.165, 1.54) is 5.56 Å². The highest BCUT2D eigenvalue weighted by molar-refractivity contribution is 5.79. The molecule has 0 saturated heterocycles. The third-order valence-electron chi connectivity index (χ3n) is 4.41. The number of hydrogen-bond acceptors (Lipinski definition) is 3. The first-order chi connectivity index (χ1) is 10.2. The van der Waals surface area contributed by atoms with Gasteiger partial charge in [-0.15, -0.1) is 0 Å². The molecule has 0 bridgehead atoms. The Kier molecular flexibility index (Phi) is 3.92. The van der Waals surface area contributed by atoms with Gasteiger partial charge in [-0.2, -0.15) is 0 Å². The standard InChI is InChI=1S/C16H22N4O/c1-11-5-6-20-10-13(19-15(20)7-11)9-18-16(21)14-4-2-3-12(14)8-17/h5-7,10,12,14H,2-4,8-9,17H2,1H3,(H,18,21)/t12-,14-/m1/s1. The van der Waals surface area contributed by atoms with Crippen LogP contribution < -0.4 is 11.1 Å². The van der Waals surface area contributed by atoms with Gasteiger partial charge in [0.15, 0.2) is 0 Å². The minimum Gasteiger partial charge on any atom is -0.350 e. The van der Waals surface area contributed by atoms with Crippen LogP contribution >= 0.6 is 0 Å². The highest BCUT2D eigenvalue weighted by Crippen LogP contribution is 2.30. The average Bonchev–Trinajstić information content (AvgIpc) is 3.10. The minimum atomic E-state index is 0.0780. The topological polar surface area (TPSA) is 72.4 Å². The largest absolute Gasteiger partial charge is 0.350 e. The van der Waals surface area contributed by atoms with Gasteiger partial charge in [0.05, 0.1) is 12.2 Å². The molecule has 1 aliphatic rings. The van der Waals surface area contributed by atoms with E-state index in [1.807, 2.05) is 35.9 Å². The number of amides is 1. The Morgan fingerprint density at radius 1 is 1.52 bits per heavy atom. The van der Waals surface area contributed by atoms with Crippen molar-refractivity contribution in [2.24, 2.45) is 17.6 Å². The fourth-order valence-corrected chi connectivity index (χ4v) is 3.19. The maximum atomic E-state index is 12.3. The van der Waals surface area contributed by atoms with E-state index >= 15 is 0 Å². The van der Waals surface area contributed by atoms with E-state index < -0.39 is 0 Å². The van der Waals surface area contributed by atoms with Gasteiger partial charge in [-0.3, -0.25) is 4.79 Å². The van der Waals surface area contributed by atoms with Gasteiger partial charge in [0, 0.05) is 18.3 Å². The van der Waals surface area contributed by atoms with Crippen LogP contribution in [0.5, 0.6) is 0 Å². The first kappa shape index (κ1) is 14.1. The molecule has 0 radical (unpaired) electrons. The molecule has 112 valence electrons. The van der Waals surface area contributed by atoms with Gasteiger partial charge >= 0.3 is 0 Å². The van der Waals surface area contributed by atoms with Gasteiger partial charge in [-0.1, -0.05) is 6.42 Å². The Morgan fingerprint density at radius 2 is 2.38 bits per heavy atom. The molecule has 1 aliphatic carbocycles. The third kappa shape index (κ3) is 2.93. The SMILES string of the molecule is Cc1ccn2cc(CNC(=O)[C@@H]3CCC[C@@H]3CN)nc2c1. The second kappa shape index (κ2) is 5.85. The minimum absolute atomic E-state index is 0.0780. The molecule has 3 N–H and O–H groups in total. The van der Waals surface area contributed by atoms with Gasteiger partial charge in [0.25, 0.3) is 0 Å². The zero-order chi connectivity index (χ0) is 14.8. The third-order valence-corrected chi connectivity index (χ3v) is 4.41. The van der Waals surface area contributed by atoms with Crippen LogP contribution in [0.2, 0.25) is 0 Å². The molecule has 1 saturated carbocycles. The molecule has 3 rings (SSSR count). The number of pyridine rings is 1. The molecule has 0 spiro atoms. The van der Waals surface area contributed by atoms with E-state index in [2.05, 4.69) is 10.3 Å². The summed E-state index contributed by atoms with van der Waals surface area (Å²) in [5, 5.41) is 3.01. The van der Waals surface area contributed by atoms with Gasteiger partial charge in [-0.05, 0) is 49.9 Å². The molecule has 2 heterocycles. The summed E-state index contributed by atoms with van der Waals surface area (Å²) in [6, 6.07) is 4.08. The number of rotatable bonds is 4. The molecular formula is C16H22N4O. The molecule has 1 amide bonds. The smallest absolute Gasteiger partial charge is 0.223 e. The lowest BCUT2D eigenvalue weighted by Gasteiger charge is -2.16. The van der Waals surface area contributed by atoms with Crippen LogP contribution in [0.15, 0.2) is 24.5 Å². The summed E-state index contributed by atoms with van der Waals surface area (Å²) >= 11 is 0. The number of fused-ring (bicyclic) bond motifs is 1. The van der Waals surface area contributed by atoms with E-state index in [4.69, 9.17) is 5.73 Å². The van der Waals surface area contributed by atoms with Crippen LogP contribution in [-0.2, 0) is 11.3 Å². The normalized spacial score (nSPS) is 21.8. The molecule has 5 nitrogen and oxygen atoms in total. The molecule has 0 unspecified atom stereocenters. The van der Waals surface area contributed by atoms with Crippen molar-refractivity contribution < 1.29 is 4.79 Å². The Morgan fingerprint density at radius 3 is 3.19 bits per heavy atom. The summed E-state index contributed by atoms with van der Waals surface area (Å²) in [4.78, 5) is 16.8. The number of imidazole rings is 1. The molecule has 0 aromatic carbocycles. The first-order valence-corrected chi connectivity index (χ1v) is 7.59. The molecule has 21 heavy (non-hydrogen) atoms. The van der Waals surface area contributed by atoms with Crippen LogP contribution in [0.25, 0.3) is 5.65 Å². The van der Waals surface area contributed by atoms with Gasteiger partial charge in [-0.25, -0.2) is 4.98 Å². The first-order valence-electron chi connectivity index (χ1n) is 7.59. The maximum absolute atomic E-state index is 12.3. The predicted octanol–water partition coefficient (Wildman–Crippen LogP) is 1.63. The molecule has 1 fully saturated rings. The number of nitrogens with two attached hydrogens (primary N) is 1. The van der Waals surface area contributed by atoms with E-state index in [0.29, 0.717) is 19.0 Å². The Balaban J connectivity index is 1.64. The number of aromatic nitrogens is 2. The van der Waals surface area contributed by atoms with Crippen molar-refractivity contribution in [2.75, 3.05) is 6.54 Å². The van der Waals surface area contributed by atoms with Gasteiger partial charge < -0.3 is 15.5 Å². The summed E-state index contributed by atoms with van der Waals surface area (Å²) in [5.41, 5.74) is 8.72. The van der Waals surface area contributed by atoms with Gasteiger partial charge in [0.2, 0.25) is 5.91 Å². The zero-order valence-electron chi connectivity index (χ0n) is 12.4. The number of carbonyl (C=O) groups excluding carboxylic acids is 1. The number of nitrogens with one attached hydrogen (secondary N) is 1. The zero-order valence-corrected chi connectivity index (χ0v) is 12.4. The Labute approximate surface area is 124 Å². The molecule has 2 aromatic heterocycles. The van der Waals surface area contributed by atoms with Crippen molar-refractivity contribution in [1.29, 1.82) is 0 Å². The van der Waals surface area contributed by atoms with E-state index in [1.54, 1.807) is 0 Å². The molecule has 2 atom stereocenters. The second-order valence-corrected chi connectivity index (χ2v) is 5.95. The Hall–Kier alpha value is -1.88. The van der Waals surface area contributed by atoms with E-state index in [-0.39, 0.29) is 11.8 Å². The highest BCUT2D eigenvalue weighted by atomic mass is 16.1. The van der Waals surface area contributed by atoms with Crippen molar-refractivity contribution >= 4 is 11.6 Å². The summed E-state index contributed by atoms with van der Waals surface area (Å²) < 4.78 is 1.98. The van der Waals surface area contributed by atoms with Crippen molar-refractivity contribution in [1.82, 2.24) is 14.7 Å². The number of hydrogen-bond donors (Lipinski definition) is 2. The van der Waals surface area contributed by atoms with Crippen LogP contribution in [-0.4, -0.2) is 21.8 Å². The van der Waals surface area contributed by atoms with E-state index in [9.17, 15) is 4.79 Å². The fourth-order valence-electron chi connectivity index (χ4n) is 3.19. The van der Waals surface area contributed by atoms with Crippen LogP contribution in [0, 0.1) is 18.8 Å². The number of nitrogens with zero attached hydrogens (tertiary/aromatic N) is 2. The lowest BCUT2D eigenvalue weighted by molar-refractivity contribution is -0.126. The molecular weight excluding hydrogens is 264 g/mol. The lowest BCUT2D eigenvalue weighted by atomic mass is 9.95. The second-order valence-electron chi connectivity index (χ2n) is 5.95. The van der Waals surface area contributed by atoms with Crippen molar-refractivity contribution in [3.05, 3.63) is 35.8 Å². The summed E-state index contributed by atoms with van der Waals surface area (Å²) in [7, 11) is 0. The average molecular weight is 286 g/mol. The lowest BCUT2D eigenvalue weighted by Crippen LogP contribution is -2.34. The van der Waals surface area contributed by atoms with Crippen LogP contribution in [0.1, 0.15) is 30.5 Å². The molecule has 5 heteroatoms.